The second-order valence-electron chi connectivity index (χ2n) is 7.36. The fourth-order valence-electron chi connectivity index (χ4n) is 3.68. The number of hydrogen-bond donors (Lipinski definition) is 2. The number of amides is 2. The van der Waals surface area contributed by atoms with Gasteiger partial charge in [0, 0.05) is 11.8 Å². The van der Waals surface area contributed by atoms with Crippen molar-refractivity contribution in [2.75, 3.05) is 6.61 Å². The van der Waals surface area contributed by atoms with Crippen LogP contribution in [0.5, 0.6) is 0 Å². The van der Waals surface area contributed by atoms with Crippen LogP contribution >= 0.6 is 7.82 Å². The summed E-state index contributed by atoms with van der Waals surface area (Å²) in [4.78, 5) is 24.5. The topological polar surface area (TPSA) is 103 Å². The molecule has 0 spiro atoms. The minimum absolute atomic E-state index is 0.0515. The molecule has 0 unspecified atom stereocenters. The molecule has 0 bridgehead atoms. The first-order valence-corrected chi connectivity index (χ1v) is 11.7. The Balaban J connectivity index is 1.82. The molecule has 0 aliphatic heterocycles. The molecule has 2 N–H and O–H groups in total. The van der Waals surface area contributed by atoms with Gasteiger partial charge in [-0.05, 0) is 32.6 Å². The second-order valence-corrected chi connectivity index (χ2v) is 8.87. The Kier molecular flexibility index (Phi) is 9.76. The summed E-state index contributed by atoms with van der Waals surface area (Å²) in [6.07, 6.45) is 11.6. The summed E-state index contributed by atoms with van der Waals surface area (Å²) < 4.78 is 27.6. The third-order valence-electron chi connectivity index (χ3n) is 5.26. The van der Waals surface area contributed by atoms with E-state index in [0.717, 1.165) is 77.0 Å². The van der Waals surface area contributed by atoms with Gasteiger partial charge in [0.2, 0.25) is 11.8 Å². The molecular formula is C18H33N2O6P. The molecule has 2 fully saturated rings. The highest BCUT2D eigenvalue weighted by Crippen LogP contribution is 2.47. The third-order valence-corrected chi connectivity index (χ3v) is 6.46. The Bertz CT molecular complexity index is 474. The van der Waals surface area contributed by atoms with Crippen LogP contribution in [0.25, 0.3) is 0 Å². The van der Waals surface area contributed by atoms with Gasteiger partial charge in [0.1, 0.15) is 0 Å². The highest BCUT2D eigenvalue weighted by molar-refractivity contribution is 7.48. The van der Waals surface area contributed by atoms with Gasteiger partial charge in [-0.15, -0.1) is 0 Å². The van der Waals surface area contributed by atoms with Gasteiger partial charge < -0.3 is 0 Å². The van der Waals surface area contributed by atoms with E-state index < -0.39 is 7.82 Å². The van der Waals surface area contributed by atoms with Crippen LogP contribution in [0, 0.1) is 11.8 Å². The first-order valence-electron chi connectivity index (χ1n) is 10.3. The van der Waals surface area contributed by atoms with E-state index in [-0.39, 0.29) is 30.3 Å². The van der Waals surface area contributed by atoms with Crippen LogP contribution in [0.3, 0.4) is 0 Å². The van der Waals surface area contributed by atoms with Gasteiger partial charge in [-0.1, -0.05) is 51.4 Å². The molecule has 2 amide bonds. The van der Waals surface area contributed by atoms with Gasteiger partial charge in [0.05, 0.1) is 6.61 Å². The fourth-order valence-corrected chi connectivity index (χ4v) is 4.54. The number of carbonyl (C=O) groups excluding carboxylic acids is 2. The molecule has 0 atom stereocenters. The maximum atomic E-state index is 12.6. The van der Waals surface area contributed by atoms with Crippen LogP contribution in [0.15, 0.2) is 0 Å². The SMILES string of the molecule is CCOP(=O)(ONC(=O)C1CCCCCC1)ONC(=O)C1CCCCCC1. The Morgan fingerprint density at radius 3 is 1.48 bits per heavy atom. The number of rotatable bonds is 8. The zero-order valence-electron chi connectivity index (χ0n) is 16.2. The minimum Gasteiger partial charge on any atom is -0.285 e. The molecule has 2 saturated carbocycles. The lowest BCUT2D eigenvalue weighted by Gasteiger charge is -2.20. The fraction of sp³-hybridized carbons (Fsp3) is 0.889. The predicted octanol–water partition coefficient (Wildman–Crippen LogP) is 4.17. The molecule has 0 aromatic carbocycles. The quantitative estimate of drug-likeness (QED) is 0.358. The van der Waals surface area contributed by atoms with Crippen molar-refractivity contribution in [3.8, 4) is 0 Å². The van der Waals surface area contributed by atoms with Crippen molar-refractivity contribution in [1.29, 1.82) is 0 Å². The van der Waals surface area contributed by atoms with Gasteiger partial charge >= 0.3 is 7.82 Å². The lowest BCUT2D eigenvalue weighted by atomic mass is 10.0. The normalized spacial score (nSPS) is 20.5. The standard InChI is InChI=1S/C18H33N2O6P/c1-2-24-27(23,25-19-17(21)15-11-7-3-4-8-12-15)26-20-18(22)16-13-9-5-6-10-14-16/h15-16H,2-14H2,1H3,(H,19,21)(H,20,22). The van der Waals surface area contributed by atoms with Crippen molar-refractivity contribution >= 4 is 19.6 Å². The van der Waals surface area contributed by atoms with Gasteiger partial charge in [0.15, 0.2) is 0 Å². The Hall–Kier alpha value is -0.950. The van der Waals surface area contributed by atoms with E-state index in [1.807, 2.05) is 0 Å². The van der Waals surface area contributed by atoms with Crippen molar-refractivity contribution in [3.05, 3.63) is 0 Å². The number of hydrogen-bond acceptors (Lipinski definition) is 6. The lowest BCUT2D eigenvalue weighted by Crippen LogP contribution is -2.33. The van der Waals surface area contributed by atoms with E-state index in [4.69, 9.17) is 13.8 Å². The number of hydroxylamine groups is 2. The molecule has 2 aliphatic carbocycles. The van der Waals surface area contributed by atoms with Crippen LogP contribution in [0.2, 0.25) is 0 Å². The Morgan fingerprint density at radius 2 is 1.15 bits per heavy atom. The smallest absolute Gasteiger partial charge is 0.285 e. The molecule has 0 radical (unpaired) electrons. The zero-order chi connectivity index (χ0) is 19.5. The third kappa shape index (κ3) is 7.90. The minimum atomic E-state index is -4.11. The highest BCUT2D eigenvalue weighted by atomic mass is 31.2. The number of carbonyl (C=O) groups is 2. The number of phosphoric acid groups is 1. The first kappa shape index (κ1) is 22.3. The van der Waals surface area contributed by atoms with Crippen LogP contribution in [0.1, 0.15) is 84.0 Å². The molecule has 0 aromatic rings. The molecule has 2 aliphatic rings. The highest BCUT2D eigenvalue weighted by Gasteiger charge is 2.32. The Morgan fingerprint density at radius 1 is 0.778 bits per heavy atom. The van der Waals surface area contributed by atoms with Gasteiger partial charge in [0.25, 0.3) is 0 Å². The van der Waals surface area contributed by atoms with E-state index in [9.17, 15) is 14.2 Å². The number of nitrogens with one attached hydrogen (secondary N) is 2. The summed E-state index contributed by atoms with van der Waals surface area (Å²) in [5.41, 5.74) is 4.43. The molecule has 0 aromatic heterocycles. The predicted molar refractivity (Wildman–Crippen MR) is 100 cm³/mol. The summed E-state index contributed by atoms with van der Waals surface area (Å²) >= 11 is 0. The van der Waals surface area contributed by atoms with Crippen molar-refractivity contribution in [2.45, 2.75) is 84.0 Å². The second kappa shape index (κ2) is 11.8. The van der Waals surface area contributed by atoms with Crippen LogP contribution in [-0.4, -0.2) is 18.4 Å². The molecule has 2 rings (SSSR count). The average molecular weight is 404 g/mol. The maximum absolute atomic E-state index is 12.6. The molecule has 9 heteroatoms. The van der Waals surface area contributed by atoms with E-state index in [1.165, 1.54) is 0 Å². The molecule has 8 nitrogen and oxygen atoms in total. The summed E-state index contributed by atoms with van der Waals surface area (Å²) in [5.74, 6) is -0.975. The summed E-state index contributed by atoms with van der Waals surface area (Å²) in [7, 11) is -4.11. The van der Waals surface area contributed by atoms with E-state index in [0.29, 0.717) is 0 Å². The monoisotopic (exact) mass is 404 g/mol. The maximum Gasteiger partial charge on any atom is 0.517 e. The van der Waals surface area contributed by atoms with E-state index >= 15 is 0 Å². The lowest BCUT2D eigenvalue weighted by molar-refractivity contribution is -0.136. The van der Waals surface area contributed by atoms with Crippen molar-refractivity contribution in [2.24, 2.45) is 11.8 Å². The Labute approximate surface area is 161 Å². The average Bonchev–Trinajstić information content (AvgIpc) is 3.10. The molecular weight excluding hydrogens is 371 g/mol. The van der Waals surface area contributed by atoms with E-state index in [2.05, 4.69) is 11.0 Å². The van der Waals surface area contributed by atoms with Gasteiger partial charge in [-0.2, -0.15) is 9.25 Å². The summed E-state index contributed by atoms with van der Waals surface area (Å²) in [5, 5.41) is 0. The van der Waals surface area contributed by atoms with Gasteiger partial charge in [-0.25, -0.2) is 15.5 Å². The van der Waals surface area contributed by atoms with Crippen LogP contribution in [-0.2, 0) is 27.9 Å². The van der Waals surface area contributed by atoms with Crippen LogP contribution < -0.4 is 11.0 Å². The molecule has 27 heavy (non-hydrogen) atoms. The van der Waals surface area contributed by atoms with Crippen molar-refractivity contribution in [3.63, 3.8) is 0 Å². The summed E-state index contributed by atoms with van der Waals surface area (Å²) in [6.45, 7) is 1.68. The molecule has 0 heterocycles. The zero-order valence-corrected chi connectivity index (χ0v) is 17.1. The van der Waals surface area contributed by atoms with E-state index in [1.54, 1.807) is 6.92 Å². The van der Waals surface area contributed by atoms with Crippen molar-refractivity contribution in [1.82, 2.24) is 11.0 Å². The molecule has 0 saturated heterocycles. The van der Waals surface area contributed by atoms with Crippen molar-refractivity contribution < 1.29 is 27.9 Å². The molecule has 156 valence electrons. The van der Waals surface area contributed by atoms with Gasteiger partial charge in [-0.3, -0.25) is 14.1 Å². The van der Waals surface area contributed by atoms with Crippen LogP contribution in [0.4, 0.5) is 0 Å². The largest absolute Gasteiger partial charge is 0.517 e. The summed E-state index contributed by atoms with van der Waals surface area (Å²) in [6, 6.07) is 0. The first-order chi connectivity index (χ1) is 13.0.